The van der Waals surface area contributed by atoms with Gasteiger partial charge >= 0.3 is 12.0 Å². The van der Waals surface area contributed by atoms with Crippen molar-refractivity contribution in [2.24, 2.45) is 11.8 Å². The Morgan fingerprint density at radius 3 is 2.66 bits per heavy atom. The Kier molecular flexibility index (Phi) is 7.58. The van der Waals surface area contributed by atoms with Gasteiger partial charge in [-0.05, 0) is 30.5 Å². The quantitative estimate of drug-likeness (QED) is 0.663. The second-order valence-corrected chi connectivity index (χ2v) is 7.34. The third-order valence-electron chi connectivity index (χ3n) is 4.35. The molecule has 0 aromatic heterocycles. The molecule has 158 valence electrons. The normalized spacial score (nSPS) is 16.0. The number of rotatable bonds is 7. The third-order valence-corrected chi connectivity index (χ3v) is 4.35. The maximum Gasteiger partial charge on any atom is 0.321 e. The monoisotopic (exact) mass is 405 g/mol. The van der Waals surface area contributed by atoms with Crippen molar-refractivity contribution in [3.05, 3.63) is 23.8 Å². The Morgan fingerprint density at radius 1 is 1.28 bits per heavy atom. The molecule has 0 spiro atoms. The zero-order valence-corrected chi connectivity index (χ0v) is 17.1. The molecule has 4 amide bonds. The molecule has 0 saturated carbocycles. The predicted octanol–water partition coefficient (Wildman–Crippen LogP) is 1.38. The predicted molar refractivity (Wildman–Crippen MR) is 106 cm³/mol. The van der Waals surface area contributed by atoms with Crippen molar-refractivity contribution in [2.75, 3.05) is 31.7 Å². The summed E-state index contributed by atoms with van der Waals surface area (Å²) in [5.41, 5.74) is 1.54. The summed E-state index contributed by atoms with van der Waals surface area (Å²) in [6, 6.07) is 4.80. The topological polar surface area (TPSA) is 114 Å². The van der Waals surface area contributed by atoms with Crippen LogP contribution in [-0.2, 0) is 19.1 Å². The highest BCUT2D eigenvalue weighted by Gasteiger charge is 2.37. The molecule has 0 bridgehead atoms. The summed E-state index contributed by atoms with van der Waals surface area (Å²) in [5.74, 6) is -1.55. The van der Waals surface area contributed by atoms with Crippen LogP contribution in [0.15, 0.2) is 18.2 Å². The van der Waals surface area contributed by atoms with Crippen molar-refractivity contribution in [2.45, 2.75) is 27.2 Å². The highest BCUT2D eigenvalue weighted by atomic mass is 16.5. The summed E-state index contributed by atoms with van der Waals surface area (Å²) in [6.07, 6.45) is -0.0214. The van der Waals surface area contributed by atoms with Crippen LogP contribution in [0.1, 0.15) is 25.8 Å². The minimum Gasteiger partial charge on any atom is -0.495 e. The van der Waals surface area contributed by atoms with E-state index >= 15 is 0 Å². The second-order valence-electron chi connectivity index (χ2n) is 7.34. The minimum absolute atomic E-state index is 0.0214. The average Bonchev–Trinajstić information content (AvgIpc) is 3.06. The van der Waals surface area contributed by atoms with Gasteiger partial charge in [0.15, 0.2) is 6.61 Å². The maximum atomic E-state index is 12.4. The van der Waals surface area contributed by atoms with Crippen LogP contribution in [0, 0.1) is 18.8 Å². The molecule has 0 radical (unpaired) electrons. The molecule has 1 aromatic carbocycles. The van der Waals surface area contributed by atoms with Gasteiger partial charge in [0, 0.05) is 19.5 Å². The average molecular weight is 405 g/mol. The van der Waals surface area contributed by atoms with Gasteiger partial charge in [-0.15, -0.1) is 0 Å². The number of benzene rings is 1. The Labute approximate surface area is 169 Å². The molecule has 1 heterocycles. The number of hydrogen-bond donors (Lipinski definition) is 2. The van der Waals surface area contributed by atoms with Gasteiger partial charge in [-0.1, -0.05) is 19.9 Å². The summed E-state index contributed by atoms with van der Waals surface area (Å²) >= 11 is 0. The highest BCUT2D eigenvalue weighted by molar-refractivity contribution is 6.01. The fourth-order valence-corrected chi connectivity index (χ4v) is 2.87. The molecule has 1 aliphatic heterocycles. The Hall–Kier alpha value is -3.10. The SMILES string of the molecule is COc1ccc(C)cc1N1C[C@H](C(=O)OCC(=O)NC(=O)NCC(C)C)CC1=O. The molecule has 0 unspecified atom stereocenters. The van der Waals surface area contributed by atoms with Crippen molar-refractivity contribution < 1.29 is 28.7 Å². The van der Waals surface area contributed by atoms with E-state index in [-0.39, 0.29) is 24.8 Å². The summed E-state index contributed by atoms with van der Waals surface area (Å²) in [6.45, 7) is 5.69. The van der Waals surface area contributed by atoms with Gasteiger partial charge in [-0.25, -0.2) is 4.79 Å². The number of imide groups is 1. The van der Waals surface area contributed by atoms with Crippen molar-refractivity contribution in [1.29, 1.82) is 0 Å². The number of hydrogen-bond acceptors (Lipinski definition) is 6. The van der Waals surface area contributed by atoms with E-state index in [2.05, 4.69) is 10.6 Å². The van der Waals surface area contributed by atoms with Crippen LogP contribution < -0.4 is 20.3 Å². The first-order valence-corrected chi connectivity index (χ1v) is 9.40. The summed E-state index contributed by atoms with van der Waals surface area (Å²) in [4.78, 5) is 49.5. The third kappa shape index (κ3) is 6.20. The van der Waals surface area contributed by atoms with E-state index in [9.17, 15) is 19.2 Å². The van der Waals surface area contributed by atoms with Crippen LogP contribution in [0.4, 0.5) is 10.5 Å². The lowest BCUT2D eigenvalue weighted by molar-refractivity contribution is -0.152. The number of amides is 4. The number of urea groups is 1. The molecule has 9 nitrogen and oxygen atoms in total. The largest absolute Gasteiger partial charge is 0.495 e. The molecule has 0 aliphatic carbocycles. The molecule has 1 atom stereocenters. The van der Waals surface area contributed by atoms with E-state index in [1.807, 2.05) is 32.9 Å². The van der Waals surface area contributed by atoms with Gasteiger partial charge in [-0.3, -0.25) is 19.7 Å². The number of anilines is 1. The zero-order valence-electron chi connectivity index (χ0n) is 17.1. The van der Waals surface area contributed by atoms with E-state index in [1.165, 1.54) is 12.0 Å². The smallest absolute Gasteiger partial charge is 0.321 e. The van der Waals surface area contributed by atoms with E-state index < -0.39 is 30.4 Å². The number of methoxy groups -OCH3 is 1. The molecule has 1 aliphatic rings. The first kappa shape index (κ1) is 22.2. The summed E-state index contributed by atoms with van der Waals surface area (Å²) in [5, 5.41) is 4.61. The number of esters is 1. The standard InChI is InChI=1S/C20H27N3O6/c1-12(2)9-21-20(27)22-17(24)11-29-19(26)14-8-18(25)23(10-14)15-7-13(3)5-6-16(15)28-4/h5-7,12,14H,8-11H2,1-4H3,(H2,21,22,24,27)/t14-/m1/s1. The number of aryl methyl sites for hydroxylation is 1. The first-order valence-electron chi connectivity index (χ1n) is 9.40. The number of ether oxygens (including phenoxy) is 2. The lowest BCUT2D eigenvalue weighted by Crippen LogP contribution is -2.42. The minimum atomic E-state index is -0.735. The fourth-order valence-electron chi connectivity index (χ4n) is 2.87. The number of carbonyl (C=O) groups excluding carboxylic acids is 4. The Balaban J connectivity index is 1.88. The Bertz CT molecular complexity index is 792. The van der Waals surface area contributed by atoms with Crippen LogP contribution in [0.25, 0.3) is 0 Å². The van der Waals surface area contributed by atoms with Crippen molar-refractivity contribution in [3.63, 3.8) is 0 Å². The molecular weight excluding hydrogens is 378 g/mol. The molecule has 1 aromatic rings. The fraction of sp³-hybridized carbons (Fsp3) is 0.500. The number of carbonyl (C=O) groups is 4. The van der Waals surface area contributed by atoms with Gasteiger partial charge in [0.25, 0.3) is 5.91 Å². The van der Waals surface area contributed by atoms with Crippen LogP contribution in [-0.4, -0.2) is 50.6 Å². The van der Waals surface area contributed by atoms with Crippen LogP contribution >= 0.6 is 0 Å². The van der Waals surface area contributed by atoms with E-state index in [4.69, 9.17) is 9.47 Å². The van der Waals surface area contributed by atoms with Crippen LogP contribution in [0.5, 0.6) is 5.75 Å². The van der Waals surface area contributed by atoms with E-state index in [0.717, 1.165) is 5.56 Å². The second kappa shape index (κ2) is 9.90. The lowest BCUT2D eigenvalue weighted by atomic mass is 10.1. The number of nitrogens with zero attached hydrogens (tertiary/aromatic N) is 1. The molecule has 2 N–H and O–H groups in total. The lowest BCUT2D eigenvalue weighted by Gasteiger charge is -2.20. The highest BCUT2D eigenvalue weighted by Crippen LogP contribution is 2.34. The van der Waals surface area contributed by atoms with Gasteiger partial charge in [0.2, 0.25) is 5.91 Å². The zero-order chi connectivity index (χ0) is 21.6. The van der Waals surface area contributed by atoms with Gasteiger partial charge in [-0.2, -0.15) is 0 Å². The molecule has 29 heavy (non-hydrogen) atoms. The molecule has 1 fully saturated rings. The van der Waals surface area contributed by atoms with E-state index in [1.54, 1.807) is 6.07 Å². The van der Waals surface area contributed by atoms with Crippen LogP contribution in [0.2, 0.25) is 0 Å². The number of nitrogens with one attached hydrogen (secondary N) is 2. The maximum absolute atomic E-state index is 12.4. The van der Waals surface area contributed by atoms with Crippen molar-refractivity contribution in [3.8, 4) is 5.75 Å². The van der Waals surface area contributed by atoms with Crippen LogP contribution in [0.3, 0.4) is 0 Å². The molecule has 2 rings (SSSR count). The van der Waals surface area contributed by atoms with Crippen molar-refractivity contribution in [1.82, 2.24) is 10.6 Å². The molecule has 9 heteroatoms. The first-order chi connectivity index (χ1) is 13.7. The Morgan fingerprint density at radius 2 is 2.00 bits per heavy atom. The van der Waals surface area contributed by atoms with Gasteiger partial charge in [0.1, 0.15) is 5.75 Å². The summed E-state index contributed by atoms with van der Waals surface area (Å²) in [7, 11) is 1.51. The summed E-state index contributed by atoms with van der Waals surface area (Å²) < 4.78 is 10.3. The van der Waals surface area contributed by atoms with Gasteiger partial charge in [0.05, 0.1) is 18.7 Å². The molecular formula is C20H27N3O6. The van der Waals surface area contributed by atoms with Gasteiger partial charge < -0.3 is 19.7 Å². The molecule has 1 saturated heterocycles. The van der Waals surface area contributed by atoms with E-state index in [0.29, 0.717) is 18.0 Å². The van der Waals surface area contributed by atoms with Crippen molar-refractivity contribution >= 4 is 29.5 Å².